The Balaban J connectivity index is 2.79. The summed E-state index contributed by atoms with van der Waals surface area (Å²) in [6, 6.07) is 6.91. The van der Waals surface area contributed by atoms with Crippen molar-refractivity contribution >= 4 is 20.9 Å². The van der Waals surface area contributed by atoms with Gasteiger partial charge in [-0.3, -0.25) is 0 Å². The molecule has 1 aromatic rings. The number of carboxylic acids is 1. The molecule has 2 radical (unpaired) electrons. The van der Waals surface area contributed by atoms with Gasteiger partial charge in [0.1, 0.15) is 0 Å². The quantitative estimate of drug-likeness (QED) is 0.752. The van der Waals surface area contributed by atoms with Gasteiger partial charge in [-0.1, -0.05) is 18.2 Å². The fourth-order valence-electron chi connectivity index (χ4n) is 0.940. The predicted molar refractivity (Wildman–Crippen MR) is 55.0 cm³/mol. The fourth-order valence-corrected chi connectivity index (χ4v) is 1.77. The van der Waals surface area contributed by atoms with Gasteiger partial charge in [0.2, 0.25) is 0 Å². The van der Waals surface area contributed by atoms with Gasteiger partial charge >= 0.3 is 5.97 Å². The third kappa shape index (κ3) is 2.97. The zero-order valence-corrected chi connectivity index (χ0v) is 9.15. The molecular weight excluding hydrogens is 196 g/mol. The third-order valence-electron chi connectivity index (χ3n) is 1.56. The standard InChI is InChI=1S/C10H12O3Si/c1-7(2)13-14-9-6-4-3-5-8(9)10(11)12/h3-7H,1-2H3,(H,11,12). The average molecular weight is 208 g/mol. The molecule has 0 spiro atoms. The van der Waals surface area contributed by atoms with Crippen molar-refractivity contribution in [3.63, 3.8) is 0 Å². The second-order valence-electron chi connectivity index (χ2n) is 3.12. The molecule has 4 heteroatoms. The minimum absolute atomic E-state index is 0.0956. The SMILES string of the molecule is CC(C)O[Si]c1ccccc1C(=O)O. The Morgan fingerprint density at radius 1 is 1.43 bits per heavy atom. The smallest absolute Gasteiger partial charge is 0.335 e. The summed E-state index contributed by atoms with van der Waals surface area (Å²) < 4.78 is 5.38. The summed E-state index contributed by atoms with van der Waals surface area (Å²) in [7, 11) is 0.0956. The number of hydrogen-bond acceptors (Lipinski definition) is 2. The van der Waals surface area contributed by atoms with Crippen molar-refractivity contribution in [3.8, 4) is 0 Å². The lowest BCUT2D eigenvalue weighted by molar-refractivity contribution is 0.0698. The number of hydrogen-bond donors (Lipinski definition) is 1. The lowest BCUT2D eigenvalue weighted by atomic mass is 10.2. The highest BCUT2D eigenvalue weighted by molar-refractivity contribution is 6.49. The highest BCUT2D eigenvalue weighted by Crippen LogP contribution is 1.96. The first-order valence-electron chi connectivity index (χ1n) is 4.35. The highest BCUT2D eigenvalue weighted by atomic mass is 28.2. The van der Waals surface area contributed by atoms with Crippen molar-refractivity contribution in [3.05, 3.63) is 29.8 Å². The van der Waals surface area contributed by atoms with E-state index in [4.69, 9.17) is 9.53 Å². The molecule has 1 N–H and O–H groups in total. The lowest BCUT2D eigenvalue weighted by Gasteiger charge is -2.07. The normalized spacial score (nSPS) is 10.5. The van der Waals surface area contributed by atoms with Crippen molar-refractivity contribution in [2.75, 3.05) is 0 Å². The number of benzene rings is 1. The second-order valence-corrected chi connectivity index (χ2v) is 4.10. The van der Waals surface area contributed by atoms with Crippen LogP contribution in [-0.2, 0) is 4.43 Å². The number of carbonyl (C=O) groups is 1. The molecule has 1 aromatic carbocycles. The third-order valence-corrected chi connectivity index (χ3v) is 2.81. The Labute approximate surface area is 85.7 Å². The van der Waals surface area contributed by atoms with Crippen LogP contribution in [0.5, 0.6) is 0 Å². The topological polar surface area (TPSA) is 46.5 Å². The molecule has 0 aliphatic heterocycles. The van der Waals surface area contributed by atoms with Crippen molar-refractivity contribution in [1.82, 2.24) is 0 Å². The van der Waals surface area contributed by atoms with E-state index in [0.29, 0.717) is 5.56 Å². The number of carboxylic acid groups (broad SMARTS) is 1. The van der Waals surface area contributed by atoms with Crippen molar-refractivity contribution in [2.24, 2.45) is 0 Å². The van der Waals surface area contributed by atoms with E-state index < -0.39 is 5.97 Å². The van der Waals surface area contributed by atoms with Gasteiger partial charge in [0.15, 0.2) is 0 Å². The van der Waals surface area contributed by atoms with E-state index in [-0.39, 0.29) is 15.9 Å². The zero-order valence-electron chi connectivity index (χ0n) is 8.15. The van der Waals surface area contributed by atoms with Gasteiger partial charge in [0.25, 0.3) is 9.76 Å². The molecule has 0 bridgehead atoms. The van der Waals surface area contributed by atoms with Crippen LogP contribution in [0.15, 0.2) is 24.3 Å². The first-order valence-corrected chi connectivity index (χ1v) is 5.26. The molecule has 0 aliphatic rings. The summed E-state index contributed by atoms with van der Waals surface area (Å²) in [5.74, 6) is -0.902. The van der Waals surface area contributed by atoms with Crippen LogP contribution < -0.4 is 5.19 Å². The van der Waals surface area contributed by atoms with Crippen molar-refractivity contribution < 1.29 is 14.3 Å². The van der Waals surface area contributed by atoms with E-state index in [1.807, 2.05) is 19.9 Å². The van der Waals surface area contributed by atoms with Crippen LogP contribution in [-0.4, -0.2) is 26.9 Å². The minimum atomic E-state index is -0.902. The summed E-state index contributed by atoms with van der Waals surface area (Å²) in [6.07, 6.45) is 0.121. The van der Waals surface area contributed by atoms with Crippen LogP contribution in [0.3, 0.4) is 0 Å². The Bertz CT molecular complexity index is 323. The number of aromatic carboxylic acids is 1. The Kier molecular flexibility index (Phi) is 3.85. The molecule has 0 heterocycles. The van der Waals surface area contributed by atoms with E-state index in [1.54, 1.807) is 18.2 Å². The molecule has 0 amide bonds. The fraction of sp³-hybridized carbons (Fsp3) is 0.300. The molecule has 0 saturated heterocycles. The van der Waals surface area contributed by atoms with E-state index in [1.165, 1.54) is 0 Å². The number of rotatable bonds is 4. The van der Waals surface area contributed by atoms with Crippen LogP contribution in [0.1, 0.15) is 24.2 Å². The molecule has 1 rings (SSSR count). The van der Waals surface area contributed by atoms with Crippen LogP contribution in [0.2, 0.25) is 0 Å². The maximum atomic E-state index is 10.8. The Hall–Kier alpha value is -1.13. The summed E-state index contributed by atoms with van der Waals surface area (Å²) in [5.41, 5.74) is 0.325. The Morgan fingerprint density at radius 2 is 2.07 bits per heavy atom. The van der Waals surface area contributed by atoms with Gasteiger partial charge in [0, 0.05) is 6.10 Å². The van der Waals surface area contributed by atoms with Crippen molar-refractivity contribution in [1.29, 1.82) is 0 Å². The van der Waals surface area contributed by atoms with E-state index in [2.05, 4.69) is 0 Å². The maximum absolute atomic E-state index is 10.8. The predicted octanol–water partition coefficient (Wildman–Crippen LogP) is 1.05. The maximum Gasteiger partial charge on any atom is 0.335 e. The lowest BCUT2D eigenvalue weighted by Crippen LogP contribution is -2.26. The summed E-state index contributed by atoms with van der Waals surface area (Å²) in [4.78, 5) is 10.8. The molecule has 0 aromatic heterocycles. The van der Waals surface area contributed by atoms with Crippen LogP contribution >= 0.6 is 0 Å². The molecule has 0 unspecified atom stereocenters. The van der Waals surface area contributed by atoms with E-state index in [0.717, 1.165) is 5.19 Å². The van der Waals surface area contributed by atoms with E-state index in [9.17, 15) is 4.79 Å². The van der Waals surface area contributed by atoms with Crippen LogP contribution in [0.25, 0.3) is 0 Å². The summed E-state index contributed by atoms with van der Waals surface area (Å²) >= 11 is 0. The Morgan fingerprint density at radius 3 is 2.64 bits per heavy atom. The molecule has 14 heavy (non-hydrogen) atoms. The zero-order chi connectivity index (χ0) is 10.6. The van der Waals surface area contributed by atoms with Crippen molar-refractivity contribution in [2.45, 2.75) is 20.0 Å². The van der Waals surface area contributed by atoms with Gasteiger partial charge in [-0.05, 0) is 25.1 Å². The molecule has 3 nitrogen and oxygen atoms in total. The van der Waals surface area contributed by atoms with Gasteiger partial charge < -0.3 is 9.53 Å². The molecular formula is C10H12O3Si. The van der Waals surface area contributed by atoms with Gasteiger partial charge in [-0.2, -0.15) is 0 Å². The van der Waals surface area contributed by atoms with Gasteiger partial charge in [0.05, 0.1) is 5.56 Å². The largest absolute Gasteiger partial charge is 0.478 e. The first-order chi connectivity index (χ1) is 6.61. The molecule has 0 saturated carbocycles. The molecule has 74 valence electrons. The van der Waals surface area contributed by atoms with Crippen LogP contribution in [0, 0.1) is 0 Å². The average Bonchev–Trinajstić information content (AvgIpc) is 2.15. The summed E-state index contributed by atoms with van der Waals surface area (Å²) in [6.45, 7) is 3.85. The van der Waals surface area contributed by atoms with Crippen LogP contribution in [0.4, 0.5) is 0 Å². The monoisotopic (exact) mass is 208 g/mol. The molecule has 0 atom stereocenters. The van der Waals surface area contributed by atoms with Gasteiger partial charge in [-0.15, -0.1) is 0 Å². The molecule has 0 fully saturated rings. The first kappa shape index (κ1) is 10.9. The molecule has 0 aliphatic carbocycles. The highest BCUT2D eigenvalue weighted by Gasteiger charge is 2.10. The minimum Gasteiger partial charge on any atom is -0.478 e. The van der Waals surface area contributed by atoms with E-state index >= 15 is 0 Å². The van der Waals surface area contributed by atoms with Gasteiger partial charge in [-0.25, -0.2) is 4.79 Å². The second kappa shape index (κ2) is 4.93. The summed E-state index contributed by atoms with van der Waals surface area (Å²) in [5, 5.41) is 9.62.